The zero-order valence-corrected chi connectivity index (χ0v) is 26.7. The Morgan fingerprint density at radius 3 is 2.66 bits per heavy atom. The molecule has 0 spiro atoms. The van der Waals surface area contributed by atoms with E-state index in [1.54, 1.807) is 18.2 Å². The largest absolute Gasteiger partial charge is 0.493 e. The first-order chi connectivity index (χ1) is 24.2. The fourth-order valence-electron chi connectivity index (χ4n) is 5.46. The number of rotatable bonds is 11. The predicted octanol–water partition coefficient (Wildman–Crippen LogP) is 4.18. The van der Waals surface area contributed by atoms with Crippen LogP contribution in [0.3, 0.4) is 0 Å². The van der Waals surface area contributed by atoms with Gasteiger partial charge in [-0.15, -0.1) is 0 Å². The van der Waals surface area contributed by atoms with Gasteiger partial charge in [0.05, 0.1) is 36.7 Å². The maximum atomic E-state index is 15.3. The van der Waals surface area contributed by atoms with Gasteiger partial charge in [-0.3, -0.25) is 30.0 Å². The summed E-state index contributed by atoms with van der Waals surface area (Å²) in [4.78, 5) is 37.6. The molecule has 1 fully saturated rings. The first kappa shape index (κ1) is 33.8. The molecule has 3 aromatic carbocycles. The van der Waals surface area contributed by atoms with Crippen molar-refractivity contribution in [2.24, 2.45) is 4.99 Å². The number of hydrogen-bond donors (Lipinski definition) is 3. The van der Waals surface area contributed by atoms with Gasteiger partial charge in [0.2, 0.25) is 5.88 Å². The number of H-pyrrole nitrogens is 1. The Morgan fingerprint density at radius 2 is 1.90 bits per heavy atom. The quantitative estimate of drug-likeness (QED) is 0.136. The van der Waals surface area contributed by atoms with Crippen LogP contribution in [0, 0.1) is 23.0 Å². The lowest BCUT2D eigenvalue weighted by Crippen LogP contribution is -2.50. The number of fused-ring (bicyclic) bond motifs is 1. The van der Waals surface area contributed by atoms with Crippen LogP contribution < -0.4 is 30.8 Å². The first-order valence-electron chi connectivity index (χ1n) is 15.5. The van der Waals surface area contributed by atoms with Crippen LogP contribution in [0.15, 0.2) is 81.4 Å². The number of piperazine rings is 1. The summed E-state index contributed by atoms with van der Waals surface area (Å²) in [5.74, 6) is -0.927. The number of aromatic nitrogens is 3. The molecule has 0 aliphatic carbocycles. The number of pyridine rings is 1. The molecule has 6 rings (SSSR count). The van der Waals surface area contributed by atoms with Gasteiger partial charge in [-0.05, 0) is 55.0 Å². The second kappa shape index (κ2) is 15.0. The average Bonchev–Trinajstić information content (AvgIpc) is 3.11. The molecule has 256 valence electrons. The molecule has 1 saturated heterocycles. The van der Waals surface area contributed by atoms with E-state index in [1.807, 2.05) is 0 Å². The molecule has 2 aromatic heterocycles. The van der Waals surface area contributed by atoms with Gasteiger partial charge in [-0.2, -0.15) is 5.26 Å². The van der Waals surface area contributed by atoms with Gasteiger partial charge in [0.25, 0.3) is 5.56 Å². The van der Waals surface area contributed by atoms with E-state index in [1.165, 1.54) is 37.6 Å². The normalized spacial score (nSPS) is 14.9. The number of aliphatic imine (C=N–C) groups is 1. The molecule has 15 heteroatoms. The van der Waals surface area contributed by atoms with Crippen molar-refractivity contribution in [1.82, 2.24) is 24.8 Å². The van der Waals surface area contributed by atoms with Crippen molar-refractivity contribution in [3.05, 3.63) is 105 Å². The Labute approximate surface area is 283 Å². The maximum Gasteiger partial charge on any atom is 0.335 e. The fraction of sp³-hybridized carbons (Fsp3) is 0.229. The monoisotopic (exact) mass is 683 g/mol. The number of halogens is 2. The third kappa shape index (κ3) is 7.46. The molecule has 0 amide bonds. The van der Waals surface area contributed by atoms with Crippen LogP contribution in [-0.4, -0.2) is 76.7 Å². The molecule has 0 bridgehead atoms. The smallest absolute Gasteiger partial charge is 0.335 e. The summed E-state index contributed by atoms with van der Waals surface area (Å²) in [5.41, 5.74) is -1.51. The Kier molecular flexibility index (Phi) is 10.1. The number of methoxy groups -OCH3 is 1. The van der Waals surface area contributed by atoms with Crippen molar-refractivity contribution in [3.8, 4) is 40.6 Å². The van der Waals surface area contributed by atoms with Gasteiger partial charge in [0.1, 0.15) is 23.2 Å². The summed E-state index contributed by atoms with van der Waals surface area (Å²) in [6.45, 7) is 3.51. The van der Waals surface area contributed by atoms with E-state index >= 15 is 4.39 Å². The fourth-order valence-corrected chi connectivity index (χ4v) is 5.46. The van der Waals surface area contributed by atoms with E-state index < -0.39 is 28.8 Å². The SMILES string of the molecule is COc1cc2c(Oc3ccc(N=Cc4c(O)n(-c5ccc(F)cc5)c(=O)[nH]c4=O)cc3F)ccnc2cc1OCCCN1CCNC(C#N)C1. The van der Waals surface area contributed by atoms with E-state index in [2.05, 4.69) is 31.2 Å². The lowest BCUT2D eigenvalue weighted by molar-refractivity contribution is 0.197. The number of hydrogen-bond acceptors (Lipinski definition) is 11. The lowest BCUT2D eigenvalue weighted by atomic mass is 10.1. The summed E-state index contributed by atoms with van der Waals surface area (Å²) < 4.78 is 47.0. The van der Waals surface area contributed by atoms with Crippen molar-refractivity contribution in [3.63, 3.8) is 0 Å². The van der Waals surface area contributed by atoms with Crippen molar-refractivity contribution < 1.29 is 28.1 Å². The Hall–Kier alpha value is -6.11. The molecule has 0 saturated carbocycles. The highest BCUT2D eigenvalue weighted by Gasteiger charge is 2.19. The summed E-state index contributed by atoms with van der Waals surface area (Å²) in [6, 6.07) is 15.6. The summed E-state index contributed by atoms with van der Waals surface area (Å²) in [5, 5.41) is 23.6. The second-order valence-electron chi connectivity index (χ2n) is 11.3. The molecule has 1 aliphatic rings. The van der Waals surface area contributed by atoms with E-state index in [4.69, 9.17) is 14.2 Å². The van der Waals surface area contributed by atoms with E-state index in [-0.39, 0.29) is 28.7 Å². The lowest BCUT2D eigenvalue weighted by Gasteiger charge is -2.30. The van der Waals surface area contributed by atoms with Gasteiger partial charge in [0.15, 0.2) is 23.1 Å². The molecule has 1 atom stereocenters. The van der Waals surface area contributed by atoms with Gasteiger partial charge in [0, 0.05) is 56.1 Å². The number of aromatic hydroxyl groups is 1. The highest BCUT2D eigenvalue weighted by Crippen LogP contribution is 2.38. The summed E-state index contributed by atoms with van der Waals surface area (Å²) in [6.07, 6.45) is 3.26. The first-order valence-corrected chi connectivity index (χ1v) is 15.5. The minimum absolute atomic E-state index is 0.0815. The molecular weight excluding hydrogens is 652 g/mol. The molecular formula is C35H31F2N7O6. The number of nitrogens with one attached hydrogen (secondary N) is 2. The summed E-state index contributed by atoms with van der Waals surface area (Å²) >= 11 is 0. The minimum Gasteiger partial charge on any atom is -0.493 e. The molecule has 3 heterocycles. The van der Waals surface area contributed by atoms with Crippen LogP contribution >= 0.6 is 0 Å². The van der Waals surface area contributed by atoms with E-state index in [9.17, 15) is 24.3 Å². The van der Waals surface area contributed by atoms with Crippen molar-refractivity contribution in [2.75, 3.05) is 39.9 Å². The van der Waals surface area contributed by atoms with Gasteiger partial charge >= 0.3 is 5.69 Å². The number of benzene rings is 3. The van der Waals surface area contributed by atoms with Gasteiger partial charge < -0.3 is 19.3 Å². The highest BCUT2D eigenvalue weighted by atomic mass is 19.1. The molecule has 3 N–H and O–H groups in total. The molecule has 1 aliphatic heterocycles. The third-order valence-corrected chi connectivity index (χ3v) is 7.96. The van der Waals surface area contributed by atoms with Crippen LogP contribution in [0.4, 0.5) is 14.5 Å². The highest BCUT2D eigenvalue weighted by molar-refractivity contribution is 5.88. The van der Waals surface area contributed by atoms with E-state index in [0.29, 0.717) is 41.3 Å². The molecule has 0 radical (unpaired) electrons. The predicted molar refractivity (Wildman–Crippen MR) is 180 cm³/mol. The molecule has 5 aromatic rings. The van der Waals surface area contributed by atoms with Crippen molar-refractivity contribution in [2.45, 2.75) is 12.5 Å². The minimum atomic E-state index is -0.938. The average molecular weight is 684 g/mol. The van der Waals surface area contributed by atoms with Crippen LogP contribution in [-0.2, 0) is 0 Å². The van der Waals surface area contributed by atoms with Gasteiger partial charge in [-0.25, -0.2) is 18.1 Å². The number of nitrogens with zero attached hydrogens (tertiary/aromatic N) is 5. The third-order valence-electron chi connectivity index (χ3n) is 7.96. The zero-order valence-electron chi connectivity index (χ0n) is 26.7. The van der Waals surface area contributed by atoms with E-state index in [0.717, 1.165) is 55.0 Å². The van der Waals surface area contributed by atoms with Crippen LogP contribution in [0.5, 0.6) is 28.9 Å². The van der Waals surface area contributed by atoms with Crippen molar-refractivity contribution in [1.29, 1.82) is 5.26 Å². The molecule has 13 nitrogen and oxygen atoms in total. The van der Waals surface area contributed by atoms with Crippen molar-refractivity contribution >= 4 is 22.8 Å². The standard InChI is InChI=1S/C35H31F2N7O6/c1-48-31-16-25-28(17-32(31)49-14-2-12-43-13-11-39-23(18-38)20-43)40-10-9-29(25)50-30-8-5-22(15-27(30)37)41-19-26-33(45)42-35(47)44(34(26)46)24-6-3-21(36)4-7-24/h3-10,15-17,19,23,39,46H,2,11-14,20H2,1H3,(H,42,45,47). The molecule has 50 heavy (non-hydrogen) atoms. The van der Waals surface area contributed by atoms with Crippen LogP contribution in [0.2, 0.25) is 0 Å². The number of aromatic amines is 1. The van der Waals surface area contributed by atoms with Crippen LogP contribution in [0.25, 0.3) is 16.6 Å². The molecule has 1 unspecified atom stereocenters. The Bertz CT molecular complexity index is 2220. The Balaban J connectivity index is 1.16. The maximum absolute atomic E-state index is 15.3. The number of nitriles is 1. The number of ether oxygens (including phenoxy) is 3. The summed E-state index contributed by atoms with van der Waals surface area (Å²) in [7, 11) is 1.51. The second-order valence-corrected chi connectivity index (χ2v) is 11.3. The Morgan fingerprint density at radius 1 is 1.08 bits per heavy atom. The zero-order chi connectivity index (χ0) is 35.2. The van der Waals surface area contributed by atoms with Gasteiger partial charge in [-0.1, -0.05) is 0 Å². The topological polar surface area (TPSA) is 167 Å². The van der Waals surface area contributed by atoms with Crippen LogP contribution in [0.1, 0.15) is 12.0 Å².